The molecule has 1 aromatic carbocycles. The molecule has 3 unspecified atom stereocenters. The van der Waals surface area contributed by atoms with E-state index in [0.717, 1.165) is 18.4 Å². The standard InChI is InChI=1S/C25H26ClFN4O6/c1-33-4-5-34-14-6-12-2-3-13(20(12)16(27)7-14)9-28-23-15(26)8-17-24(30-23)31-25(29-17)37-19-11-36-21-18(32)10-35-22(19)21/h6-9,13,18-19,21-22,32H,2-5,10-11H2,1H3,(H,29,30,31)/t13?,18-,19-,21?,22?/m1/s1. The molecule has 6 rings (SSSR count). The number of ether oxygens (including phenoxy) is 5. The average Bonchev–Trinajstić information content (AvgIpc) is 3.64. The summed E-state index contributed by atoms with van der Waals surface area (Å²) in [5.74, 6) is 0.256. The van der Waals surface area contributed by atoms with Crippen molar-refractivity contribution in [1.29, 1.82) is 0 Å². The fourth-order valence-corrected chi connectivity index (χ4v) is 5.28. The number of aliphatic hydroxyl groups is 1. The van der Waals surface area contributed by atoms with Crippen LogP contribution in [0.3, 0.4) is 0 Å². The maximum absolute atomic E-state index is 14.9. The number of halogens is 2. The minimum atomic E-state index is -0.660. The molecule has 5 atom stereocenters. The van der Waals surface area contributed by atoms with Gasteiger partial charge in [0.2, 0.25) is 0 Å². The van der Waals surface area contributed by atoms with Gasteiger partial charge in [-0.3, -0.25) is 0 Å². The number of aromatic amines is 1. The molecule has 2 aromatic heterocycles. The van der Waals surface area contributed by atoms with Crippen LogP contribution in [0.5, 0.6) is 11.8 Å². The molecule has 2 fully saturated rings. The maximum atomic E-state index is 14.9. The Bertz CT molecular complexity index is 1340. The van der Waals surface area contributed by atoms with E-state index in [4.69, 9.17) is 35.3 Å². The van der Waals surface area contributed by atoms with Crippen molar-refractivity contribution in [2.24, 2.45) is 4.99 Å². The summed E-state index contributed by atoms with van der Waals surface area (Å²) in [7, 11) is 1.59. The van der Waals surface area contributed by atoms with Gasteiger partial charge in [-0.1, -0.05) is 11.6 Å². The first-order valence-corrected chi connectivity index (χ1v) is 12.5. The van der Waals surface area contributed by atoms with E-state index in [9.17, 15) is 9.50 Å². The molecule has 0 spiro atoms. The molecule has 4 heterocycles. The highest BCUT2D eigenvalue weighted by Crippen LogP contribution is 2.37. The van der Waals surface area contributed by atoms with E-state index in [1.807, 2.05) is 6.07 Å². The normalized spacial score (nSPS) is 26.8. The summed E-state index contributed by atoms with van der Waals surface area (Å²) in [5, 5.41) is 10.2. The molecule has 37 heavy (non-hydrogen) atoms. The number of aryl methyl sites for hydroxylation is 1. The van der Waals surface area contributed by atoms with E-state index in [1.54, 1.807) is 19.4 Å². The lowest BCUT2D eigenvalue weighted by atomic mass is 10.0. The van der Waals surface area contributed by atoms with Gasteiger partial charge < -0.3 is 33.8 Å². The minimum absolute atomic E-state index is 0.202. The number of H-pyrrole nitrogens is 1. The smallest absolute Gasteiger partial charge is 0.296 e. The van der Waals surface area contributed by atoms with Crippen LogP contribution in [-0.2, 0) is 20.6 Å². The van der Waals surface area contributed by atoms with Crippen molar-refractivity contribution in [3.63, 3.8) is 0 Å². The second kappa shape index (κ2) is 10.1. The molecule has 3 aliphatic rings. The predicted octanol–water partition coefficient (Wildman–Crippen LogP) is 3.11. The molecule has 0 amide bonds. The highest BCUT2D eigenvalue weighted by molar-refractivity contribution is 6.33. The Morgan fingerprint density at radius 2 is 2.08 bits per heavy atom. The number of pyridine rings is 1. The SMILES string of the molecule is COCCOc1cc(F)c2c(c1)CCC2C=Nc1nc2nc(O[C@@H]3COC4C3OC[C@H]4O)[nH]c2cc1Cl. The zero-order chi connectivity index (χ0) is 25.5. The zero-order valence-electron chi connectivity index (χ0n) is 20.0. The maximum Gasteiger partial charge on any atom is 0.296 e. The van der Waals surface area contributed by atoms with Crippen molar-refractivity contribution >= 4 is 34.8 Å². The van der Waals surface area contributed by atoms with Gasteiger partial charge in [0.15, 0.2) is 17.6 Å². The van der Waals surface area contributed by atoms with Crippen LogP contribution in [0.4, 0.5) is 10.2 Å². The first-order chi connectivity index (χ1) is 18.0. The number of hydrogen-bond acceptors (Lipinski definition) is 9. The molecule has 3 aromatic rings. The van der Waals surface area contributed by atoms with Crippen LogP contribution in [0.15, 0.2) is 23.2 Å². The van der Waals surface area contributed by atoms with Crippen molar-refractivity contribution < 1.29 is 33.2 Å². The number of benzene rings is 1. The Balaban J connectivity index is 1.17. The molecule has 2 saturated heterocycles. The number of imidazole rings is 1. The molecular formula is C25H26ClFN4O6. The third-order valence-electron chi connectivity index (χ3n) is 6.85. The lowest BCUT2D eigenvalue weighted by Crippen LogP contribution is -2.34. The molecule has 10 nitrogen and oxygen atoms in total. The topological polar surface area (TPSA) is 120 Å². The van der Waals surface area contributed by atoms with E-state index >= 15 is 0 Å². The highest BCUT2D eigenvalue weighted by atomic mass is 35.5. The van der Waals surface area contributed by atoms with Gasteiger partial charge in [-0.15, -0.1) is 0 Å². The molecule has 2 N–H and O–H groups in total. The van der Waals surface area contributed by atoms with E-state index in [0.29, 0.717) is 40.7 Å². The van der Waals surface area contributed by atoms with Gasteiger partial charge in [0.25, 0.3) is 6.01 Å². The van der Waals surface area contributed by atoms with Crippen LogP contribution in [0.25, 0.3) is 11.2 Å². The number of fused-ring (bicyclic) bond motifs is 3. The van der Waals surface area contributed by atoms with Crippen molar-refractivity contribution in [3.05, 3.63) is 40.2 Å². The van der Waals surface area contributed by atoms with Gasteiger partial charge in [0.05, 0.1) is 30.4 Å². The number of nitrogens with zero attached hydrogens (tertiary/aromatic N) is 3. The predicted molar refractivity (Wildman–Crippen MR) is 132 cm³/mol. The van der Waals surface area contributed by atoms with Crippen LogP contribution < -0.4 is 9.47 Å². The molecule has 2 aliphatic heterocycles. The monoisotopic (exact) mass is 532 g/mol. The second-order valence-electron chi connectivity index (χ2n) is 9.27. The van der Waals surface area contributed by atoms with Crippen LogP contribution >= 0.6 is 11.6 Å². The lowest BCUT2D eigenvalue weighted by molar-refractivity contribution is 0.00706. The fraction of sp³-hybridized carbons (Fsp3) is 0.480. The lowest BCUT2D eigenvalue weighted by Gasteiger charge is -2.15. The Labute approximate surface area is 216 Å². The Hall–Kier alpha value is -2.83. The van der Waals surface area contributed by atoms with Crippen LogP contribution in [0, 0.1) is 5.82 Å². The Kier molecular flexibility index (Phi) is 6.72. The average molecular weight is 533 g/mol. The fourth-order valence-electron chi connectivity index (χ4n) is 5.08. The molecule has 196 valence electrons. The Morgan fingerprint density at radius 3 is 2.95 bits per heavy atom. The molecule has 1 aliphatic carbocycles. The summed E-state index contributed by atoms with van der Waals surface area (Å²) in [6.07, 6.45) is 1.30. The molecular weight excluding hydrogens is 507 g/mol. The Morgan fingerprint density at radius 1 is 1.22 bits per heavy atom. The first kappa shape index (κ1) is 24.5. The van der Waals surface area contributed by atoms with Crippen molar-refractivity contribution in [2.45, 2.75) is 43.2 Å². The zero-order valence-corrected chi connectivity index (χ0v) is 20.8. The number of aliphatic hydroxyl groups excluding tert-OH is 1. The van der Waals surface area contributed by atoms with Gasteiger partial charge in [-0.25, -0.2) is 14.4 Å². The van der Waals surface area contributed by atoms with Gasteiger partial charge in [-0.05, 0) is 36.1 Å². The quantitative estimate of drug-likeness (QED) is 0.335. The van der Waals surface area contributed by atoms with E-state index in [2.05, 4.69) is 19.9 Å². The van der Waals surface area contributed by atoms with E-state index < -0.39 is 18.3 Å². The summed E-state index contributed by atoms with van der Waals surface area (Å²) < 4.78 is 42.6. The molecule has 0 bridgehead atoms. The summed E-state index contributed by atoms with van der Waals surface area (Å²) in [6, 6.07) is 5.19. The summed E-state index contributed by atoms with van der Waals surface area (Å²) in [6.45, 7) is 1.29. The van der Waals surface area contributed by atoms with Gasteiger partial charge in [-0.2, -0.15) is 4.98 Å². The summed E-state index contributed by atoms with van der Waals surface area (Å²) in [4.78, 5) is 16.4. The summed E-state index contributed by atoms with van der Waals surface area (Å²) in [5.41, 5.74) is 2.49. The summed E-state index contributed by atoms with van der Waals surface area (Å²) >= 11 is 6.44. The third kappa shape index (κ3) is 4.77. The number of rotatable bonds is 8. The molecule has 12 heteroatoms. The van der Waals surface area contributed by atoms with Crippen LogP contribution in [0.2, 0.25) is 5.02 Å². The van der Waals surface area contributed by atoms with Crippen LogP contribution in [0.1, 0.15) is 23.5 Å². The molecule has 0 saturated carbocycles. The van der Waals surface area contributed by atoms with Crippen molar-refractivity contribution in [3.8, 4) is 11.8 Å². The number of aliphatic imine (C=N–C) groups is 1. The highest BCUT2D eigenvalue weighted by Gasteiger charge is 2.48. The van der Waals surface area contributed by atoms with Gasteiger partial charge >= 0.3 is 0 Å². The number of nitrogens with one attached hydrogen (secondary N) is 1. The second-order valence-corrected chi connectivity index (χ2v) is 9.68. The first-order valence-electron chi connectivity index (χ1n) is 12.1. The van der Waals surface area contributed by atoms with Gasteiger partial charge in [0.1, 0.15) is 36.5 Å². The molecule has 0 radical (unpaired) electrons. The number of aromatic nitrogens is 3. The number of methoxy groups -OCH3 is 1. The van der Waals surface area contributed by atoms with Crippen molar-refractivity contribution in [2.75, 3.05) is 33.5 Å². The van der Waals surface area contributed by atoms with Crippen LogP contribution in [-0.4, -0.2) is 84.2 Å². The number of hydrogen-bond donors (Lipinski definition) is 2. The van der Waals surface area contributed by atoms with Gasteiger partial charge in [0, 0.05) is 25.3 Å². The van der Waals surface area contributed by atoms with E-state index in [-0.39, 0.29) is 42.9 Å². The van der Waals surface area contributed by atoms with E-state index in [1.165, 1.54) is 6.07 Å². The minimum Gasteiger partial charge on any atom is -0.491 e. The van der Waals surface area contributed by atoms with Crippen molar-refractivity contribution in [1.82, 2.24) is 15.0 Å². The largest absolute Gasteiger partial charge is 0.491 e. The third-order valence-corrected chi connectivity index (χ3v) is 7.13.